The molecule has 0 aromatic heterocycles. The van der Waals surface area contributed by atoms with Crippen molar-refractivity contribution in [3.8, 4) is 22.6 Å². The number of rotatable bonds is 10. The van der Waals surface area contributed by atoms with Gasteiger partial charge in [-0.3, -0.25) is 0 Å². The first kappa shape index (κ1) is 26.9. The van der Waals surface area contributed by atoms with Crippen LogP contribution in [0, 0.1) is 11.7 Å². The van der Waals surface area contributed by atoms with Crippen molar-refractivity contribution in [2.45, 2.75) is 84.0 Å². The third-order valence-electron chi connectivity index (χ3n) is 7.56. The molecule has 3 nitrogen and oxygen atoms in total. The minimum absolute atomic E-state index is 0.206. The topological polar surface area (TPSA) is 35.5 Å². The third kappa shape index (κ3) is 7.67. The maximum atomic E-state index is 15.1. The van der Waals surface area contributed by atoms with Gasteiger partial charge in [-0.1, -0.05) is 82.3 Å². The van der Waals surface area contributed by atoms with Gasteiger partial charge >= 0.3 is 6.16 Å². The average molecular weight is 503 g/mol. The van der Waals surface area contributed by atoms with Crippen LogP contribution in [0.1, 0.15) is 88.7 Å². The molecule has 0 N–H and O–H groups in total. The van der Waals surface area contributed by atoms with E-state index >= 15 is 4.39 Å². The van der Waals surface area contributed by atoms with Gasteiger partial charge in [0, 0.05) is 5.56 Å². The van der Waals surface area contributed by atoms with Crippen molar-refractivity contribution in [3.63, 3.8) is 0 Å². The molecule has 37 heavy (non-hydrogen) atoms. The monoisotopic (exact) mass is 502 g/mol. The van der Waals surface area contributed by atoms with E-state index in [9.17, 15) is 4.79 Å². The van der Waals surface area contributed by atoms with Crippen LogP contribution in [0.2, 0.25) is 0 Å². The smallest absolute Gasteiger partial charge is 0.395 e. The molecule has 1 aliphatic rings. The maximum Gasteiger partial charge on any atom is 0.519 e. The number of carbonyl (C=O) groups is 1. The maximum absolute atomic E-state index is 15.1. The number of halogens is 1. The van der Waals surface area contributed by atoms with Crippen LogP contribution in [0.4, 0.5) is 9.18 Å². The highest BCUT2D eigenvalue weighted by Crippen LogP contribution is 2.39. The molecule has 1 saturated carbocycles. The highest BCUT2D eigenvalue weighted by molar-refractivity contribution is 5.69. The highest BCUT2D eigenvalue weighted by Gasteiger charge is 2.23. The molecular formula is C33H39FO3. The number of aryl methyl sites for hydroxylation is 1. The summed E-state index contributed by atoms with van der Waals surface area (Å²) in [7, 11) is 0. The van der Waals surface area contributed by atoms with Gasteiger partial charge in [-0.2, -0.15) is 0 Å². The van der Waals surface area contributed by atoms with Crippen molar-refractivity contribution in [2.75, 3.05) is 0 Å². The lowest BCUT2D eigenvalue weighted by atomic mass is 9.77. The van der Waals surface area contributed by atoms with Crippen LogP contribution in [-0.4, -0.2) is 6.16 Å². The van der Waals surface area contributed by atoms with Crippen LogP contribution >= 0.6 is 0 Å². The van der Waals surface area contributed by atoms with E-state index in [2.05, 4.69) is 19.9 Å². The lowest BCUT2D eigenvalue weighted by Gasteiger charge is -2.29. The first-order valence-corrected chi connectivity index (χ1v) is 13.9. The molecule has 196 valence electrons. The second kappa shape index (κ2) is 13.4. The van der Waals surface area contributed by atoms with Gasteiger partial charge in [0.15, 0.2) is 0 Å². The Morgan fingerprint density at radius 1 is 0.811 bits per heavy atom. The highest BCUT2D eigenvalue weighted by atomic mass is 19.1. The zero-order chi connectivity index (χ0) is 26.0. The van der Waals surface area contributed by atoms with Crippen LogP contribution < -0.4 is 9.47 Å². The normalized spacial score (nSPS) is 17.4. The Morgan fingerprint density at radius 3 is 2.05 bits per heavy atom. The largest absolute Gasteiger partial charge is 0.519 e. The molecule has 0 unspecified atom stereocenters. The summed E-state index contributed by atoms with van der Waals surface area (Å²) in [6.45, 7) is 4.38. The second-order valence-corrected chi connectivity index (χ2v) is 10.3. The number of hydrogen-bond donors (Lipinski definition) is 0. The lowest BCUT2D eigenvalue weighted by molar-refractivity contribution is 0.152. The van der Waals surface area contributed by atoms with Crippen molar-refractivity contribution >= 4 is 6.16 Å². The van der Waals surface area contributed by atoms with Gasteiger partial charge in [0.1, 0.15) is 17.3 Å². The van der Waals surface area contributed by atoms with Gasteiger partial charge in [-0.25, -0.2) is 9.18 Å². The standard InChI is InChI=1S/C33H39FO3/c1-3-5-6-8-25-9-13-26(14-10-25)28-17-22-31(32(34)23-28)27-15-20-30(21-16-27)37-33(35)36-29-18-11-24(7-4-2)12-19-29/h11-12,15-23,25-26H,3-10,13-14H2,1-2H3. The molecule has 0 spiro atoms. The van der Waals surface area contributed by atoms with Crippen LogP contribution in [-0.2, 0) is 6.42 Å². The van der Waals surface area contributed by atoms with Crippen molar-refractivity contribution in [1.29, 1.82) is 0 Å². The summed E-state index contributed by atoms with van der Waals surface area (Å²) in [4.78, 5) is 12.2. The molecule has 0 bridgehead atoms. The van der Waals surface area contributed by atoms with Gasteiger partial charge in [-0.05, 0) is 91.0 Å². The van der Waals surface area contributed by atoms with Crippen LogP contribution in [0.5, 0.6) is 11.5 Å². The number of hydrogen-bond acceptors (Lipinski definition) is 3. The van der Waals surface area contributed by atoms with Gasteiger partial charge in [0.2, 0.25) is 0 Å². The number of ether oxygens (including phenoxy) is 2. The fourth-order valence-electron chi connectivity index (χ4n) is 5.42. The van der Waals surface area contributed by atoms with Crippen molar-refractivity contribution in [1.82, 2.24) is 0 Å². The summed E-state index contributed by atoms with van der Waals surface area (Å²) in [5.41, 5.74) is 3.61. The van der Waals surface area contributed by atoms with Crippen LogP contribution in [0.3, 0.4) is 0 Å². The molecule has 0 heterocycles. The lowest BCUT2D eigenvalue weighted by Crippen LogP contribution is -2.13. The Kier molecular flexibility index (Phi) is 9.76. The van der Waals surface area contributed by atoms with E-state index in [0.717, 1.165) is 42.7 Å². The fourth-order valence-corrected chi connectivity index (χ4v) is 5.42. The van der Waals surface area contributed by atoms with Crippen LogP contribution in [0.25, 0.3) is 11.1 Å². The Morgan fingerprint density at radius 2 is 1.46 bits per heavy atom. The molecule has 0 saturated heterocycles. The fraction of sp³-hybridized carbons (Fsp3) is 0.424. The zero-order valence-corrected chi connectivity index (χ0v) is 22.2. The first-order chi connectivity index (χ1) is 18.1. The Labute approximate surface area is 221 Å². The Hall–Kier alpha value is -3.14. The summed E-state index contributed by atoms with van der Waals surface area (Å²) in [5.74, 6) is 1.88. The van der Waals surface area contributed by atoms with Gasteiger partial charge < -0.3 is 9.47 Å². The molecule has 0 aliphatic heterocycles. The van der Waals surface area contributed by atoms with Gasteiger partial charge in [0.25, 0.3) is 0 Å². The second-order valence-electron chi connectivity index (χ2n) is 10.3. The van der Waals surface area contributed by atoms with E-state index in [1.54, 1.807) is 42.5 Å². The molecular weight excluding hydrogens is 463 g/mol. The van der Waals surface area contributed by atoms with Crippen molar-refractivity contribution < 1.29 is 18.7 Å². The van der Waals surface area contributed by atoms with Crippen molar-refractivity contribution in [2.24, 2.45) is 5.92 Å². The molecule has 3 aromatic rings. The average Bonchev–Trinajstić information content (AvgIpc) is 2.91. The third-order valence-corrected chi connectivity index (χ3v) is 7.56. The molecule has 4 heteroatoms. The van der Waals surface area contributed by atoms with E-state index in [1.165, 1.54) is 44.1 Å². The van der Waals surface area contributed by atoms with E-state index in [-0.39, 0.29) is 5.82 Å². The molecule has 0 amide bonds. The van der Waals surface area contributed by atoms with Crippen molar-refractivity contribution in [3.05, 3.63) is 83.7 Å². The van der Waals surface area contributed by atoms with Crippen LogP contribution in [0.15, 0.2) is 66.7 Å². The molecule has 3 aromatic carbocycles. The summed E-state index contributed by atoms with van der Waals surface area (Å²) in [5, 5.41) is 0. The summed E-state index contributed by atoms with van der Waals surface area (Å²) >= 11 is 0. The quantitative estimate of drug-likeness (QED) is 0.157. The first-order valence-electron chi connectivity index (χ1n) is 13.9. The minimum Gasteiger partial charge on any atom is -0.395 e. The van der Waals surface area contributed by atoms with Gasteiger partial charge in [-0.15, -0.1) is 0 Å². The van der Waals surface area contributed by atoms with E-state index in [0.29, 0.717) is 23.0 Å². The Balaban J connectivity index is 1.31. The van der Waals surface area contributed by atoms with E-state index in [4.69, 9.17) is 9.47 Å². The summed E-state index contributed by atoms with van der Waals surface area (Å²) in [6, 6.07) is 19.9. The SMILES string of the molecule is CCCCCC1CCC(c2ccc(-c3ccc(OC(=O)Oc4ccc(CCC)cc4)cc3)c(F)c2)CC1. The van der Waals surface area contributed by atoms with Gasteiger partial charge in [0.05, 0.1) is 0 Å². The molecule has 4 rings (SSSR count). The molecule has 0 atom stereocenters. The molecule has 1 fully saturated rings. The van der Waals surface area contributed by atoms with E-state index < -0.39 is 6.16 Å². The predicted molar refractivity (Wildman–Crippen MR) is 148 cm³/mol. The summed E-state index contributed by atoms with van der Waals surface area (Å²) < 4.78 is 25.7. The number of carbonyl (C=O) groups excluding carboxylic acids is 1. The zero-order valence-electron chi connectivity index (χ0n) is 22.2. The summed E-state index contributed by atoms with van der Waals surface area (Å²) in [6.07, 6.45) is 11.4. The number of unbranched alkanes of at least 4 members (excludes halogenated alkanes) is 2. The molecule has 0 radical (unpaired) electrons. The minimum atomic E-state index is -0.799. The predicted octanol–water partition coefficient (Wildman–Crippen LogP) is 9.88. The number of benzene rings is 3. The Bertz CT molecular complexity index is 1130. The van der Waals surface area contributed by atoms with E-state index in [1.807, 2.05) is 18.2 Å². The molecule has 1 aliphatic carbocycles.